The zero-order chi connectivity index (χ0) is 16.9. The van der Waals surface area contributed by atoms with Crippen LogP contribution in [0.15, 0.2) is 24.3 Å². The van der Waals surface area contributed by atoms with Gasteiger partial charge in [0.25, 0.3) is 0 Å². The summed E-state index contributed by atoms with van der Waals surface area (Å²) in [7, 11) is 1.67. The Kier molecular flexibility index (Phi) is 6.11. The smallest absolute Gasteiger partial charge is 0.250 e. The van der Waals surface area contributed by atoms with E-state index in [0.29, 0.717) is 25.2 Å². The quantitative estimate of drug-likeness (QED) is 0.862. The number of nitrogens with one attached hydrogen (secondary N) is 2. The van der Waals surface area contributed by atoms with Gasteiger partial charge in [-0.25, -0.2) is 0 Å². The monoisotopic (exact) mass is 351 g/mol. The molecule has 0 saturated carbocycles. The fraction of sp³-hybridized carbons (Fsp3) is 0.611. The number of rotatable bonds is 4. The van der Waals surface area contributed by atoms with Crippen LogP contribution < -0.4 is 10.6 Å². The molecule has 2 aliphatic rings. The van der Waals surface area contributed by atoms with E-state index in [1.165, 1.54) is 5.56 Å². The lowest BCUT2D eigenvalue weighted by Crippen LogP contribution is -2.59. The van der Waals surface area contributed by atoms with Crippen molar-refractivity contribution in [3.8, 4) is 0 Å². The number of piperidine rings is 1. The van der Waals surface area contributed by atoms with Crippen molar-refractivity contribution >= 4 is 17.5 Å². The van der Waals surface area contributed by atoms with Crippen LogP contribution >= 0.6 is 11.6 Å². The molecule has 0 radical (unpaired) electrons. The largest absolute Gasteiger partial charge is 0.365 e. The second-order valence-electron chi connectivity index (χ2n) is 6.60. The molecule has 3 rings (SSSR count). The number of halogens is 1. The Morgan fingerprint density at radius 3 is 2.71 bits per heavy atom. The van der Waals surface area contributed by atoms with Gasteiger partial charge in [-0.3, -0.25) is 9.69 Å². The number of hydrogen-bond acceptors (Lipinski definition) is 4. The van der Waals surface area contributed by atoms with Crippen molar-refractivity contribution in [1.82, 2.24) is 15.5 Å². The minimum absolute atomic E-state index is 0.0288. The van der Waals surface area contributed by atoms with E-state index >= 15 is 0 Å². The summed E-state index contributed by atoms with van der Waals surface area (Å²) in [5.41, 5.74) is 1.25. The number of benzene rings is 1. The molecule has 1 aromatic carbocycles. The Bertz CT molecular complexity index is 546. The van der Waals surface area contributed by atoms with E-state index in [1.54, 1.807) is 7.05 Å². The first-order valence-electron chi connectivity index (χ1n) is 8.71. The molecule has 1 unspecified atom stereocenters. The van der Waals surface area contributed by atoms with E-state index in [0.717, 1.165) is 37.4 Å². The zero-order valence-electron chi connectivity index (χ0n) is 14.1. The summed E-state index contributed by atoms with van der Waals surface area (Å²) >= 11 is 5.99. The molecule has 2 N–H and O–H groups in total. The van der Waals surface area contributed by atoms with Crippen LogP contribution in [0, 0.1) is 0 Å². The molecule has 24 heavy (non-hydrogen) atoms. The van der Waals surface area contributed by atoms with Crippen LogP contribution in [0.25, 0.3) is 0 Å². The molecule has 0 aliphatic carbocycles. The number of hydrogen-bond donors (Lipinski definition) is 2. The van der Waals surface area contributed by atoms with Crippen molar-refractivity contribution in [3.05, 3.63) is 34.9 Å². The number of nitrogens with zero attached hydrogens (tertiary/aromatic N) is 1. The summed E-state index contributed by atoms with van der Waals surface area (Å²) in [4.78, 5) is 14.5. The van der Waals surface area contributed by atoms with Crippen molar-refractivity contribution in [1.29, 1.82) is 0 Å². The molecular formula is C18H26ClN3O2. The minimum Gasteiger partial charge on any atom is -0.365 e. The SMILES string of the molecule is CNC(=O)C1CN(C2CCNCC2)[C@@H](Cc2ccc(Cl)cc2)CO1. The van der Waals surface area contributed by atoms with E-state index in [4.69, 9.17) is 16.3 Å². The molecule has 2 aliphatic heterocycles. The van der Waals surface area contributed by atoms with Gasteiger partial charge < -0.3 is 15.4 Å². The number of ether oxygens (including phenoxy) is 1. The number of amides is 1. The molecular weight excluding hydrogens is 326 g/mol. The number of carbonyl (C=O) groups is 1. The Hall–Kier alpha value is -1.14. The third-order valence-corrected chi connectivity index (χ3v) is 5.29. The highest BCUT2D eigenvalue weighted by Crippen LogP contribution is 2.24. The van der Waals surface area contributed by atoms with Gasteiger partial charge in [-0.1, -0.05) is 23.7 Å². The maximum absolute atomic E-state index is 12.0. The van der Waals surface area contributed by atoms with Gasteiger partial charge >= 0.3 is 0 Å². The average Bonchev–Trinajstić information content (AvgIpc) is 2.64. The van der Waals surface area contributed by atoms with E-state index in [1.807, 2.05) is 12.1 Å². The minimum atomic E-state index is -0.369. The molecule has 2 saturated heterocycles. The third-order valence-electron chi connectivity index (χ3n) is 5.04. The van der Waals surface area contributed by atoms with Crippen molar-refractivity contribution in [3.63, 3.8) is 0 Å². The number of morpholine rings is 1. The standard InChI is InChI=1S/C18H26ClN3O2/c1-20-18(23)17-11-22(15-6-8-21-9-7-15)16(12-24-17)10-13-2-4-14(19)5-3-13/h2-5,15-17,21H,6-12H2,1H3,(H,20,23)/t16-,17?/m0/s1. The average molecular weight is 352 g/mol. The summed E-state index contributed by atoms with van der Waals surface area (Å²) in [6, 6.07) is 8.84. The van der Waals surface area contributed by atoms with Crippen LogP contribution in [-0.2, 0) is 16.0 Å². The van der Waals surface area contributed by atoms with Crippen LogP contribution in [0.5, 0.6) is 0 Å². The summed E-state index contributed by atoms with van der Waals surface area (Å²) < 4.78 is 5.86. The van der Waals surface area contributed by atoms with Crippen molar-refractivity contribution in [2.45, 2.75) is 37.5 Å². The van der Waals surface area contributed by atoms with Gasteiger partial charge in [0.05, 0.1) is 6.61 Å². The predicted octanol–water partition coefficient (Wildman–Crippen LogP) is 1.45. The molecule has 2 atom stereocenters. The highest BCUT2D eigenvalue weighted by molar-refractivity contribution is 6.30. The number of carbonyl (C=O) groups excluding carboxylic acids is 1. The van der Waals surface area contributed by atoms with Gasteiger partial charge in [0, 0.05) is 30.7 Å². The first-order valence-corrected chi connectivity index (χ1v) is 9.09. The van der Waals surface area contributed by atoms with E-state index in [2.05, 4.69) is 27.7 Å². The van der Waals surface area contributed by atoms with Crippen molar-refractivity contribution in [2.24, 2.45) is 0 Å². The highest BCUT2D eigenvalue weighted by atomic mass is 35.5. The topological polar surface area (TPSA) is 53.6 Å². The second kappa shape index (κ2) is 8.30. The first kappa shape index (κ1) is 17.7. The lowest BCUT2D eigenvalue weighted by atomic mass is 9.97. The zero-order valence-corrected chi connectivity index (χ0v) is 14.9. The summed E-state index contributed by atoms with van der Waals surface area (Å²) in [5.74, 6) is -0.0288. The Morgan fingerprint density at radius 2 is 2.04 bits per heavy atom. The van der Waals surface area contributed by atoms with Crippen LogP contribution in [0.3, 0.4) is 0 Å². The maximum atomic E-state index is 12.0. The number of likely N-dealkylation sites (N-methyl/N-ethyl adjacent to an activating group) is 1. The third kappa shape index (κ3) is 4.28. The normalized spacial score (nSPS) is 26.2. The lowest BCUT2D eigenvalue weighted by molar-refractivity contribution is -0.144. The molecule has 132 valence electrons. The molecule has 2 fully saturated rings. The highest BCUT2D eigenvalue weighted by Gasteiger charge is 2.36. The second-order valence-corrected chi connectivity index (χ2v) is 7.04. The van der Waals surface area contributed by atoms with Crippen LogP contribution in [0.4, 0.5) is 0 Å². The predicted molar refractivity (Wildman–Crippen MR) is 95.3 cm³/mol. The Labute approximate surface area is 148 Å². The lowest BCUT2D eigenvalue weighted by Gasteiger charge is -2.45. The van der Waals surface area contributed by atoms with Gasteiger partial charge in [0.15, 0.2) is 0 Å². The Balaban J connectivity index is 1.72. The van der Waals surface area contributed by atoms with E-state index < -0.39 is 0 Å². The van der Waals surface area contributed by atoms with Gasteiger partial charge in [-0.05, 0) is 50.0 Å². The van der Waals surface area contributed by atoms with Crippen LogP contribution in [0.2, 0.25) is 5.02 Å². The van der Waals surface area contributed by atoms with Crippen molar-refractivity contribution in [2.75, 3.05) is 33.3 Å². The van der Waals surface area contributed by atoms with Crippen LogP contribution in [0.1, 0.15) is 18.4 Å². The first-order chi connectivity index (χ1) is 11.7. The molecule has 2 heterocycles. The van der Waals surface area contributed by atoms with Gasteiger partial charge in [0.1, 0.15) is 6.10 Å². The molecule has 0 aromatic heterocycles. The maximum Gasteiger partial charge on any atom is 0.250 e. The Morgan fingerprint density at radius 1 is 1.33 bits per heavy atom. The summed E-state index contributed by atoms with van der Waals surface area (Å²) in [6.07, 6.45) is 2.79. The molecule has 1 aromatic rings. The molecule has 0 spiro atoms. The van der Waals surface area contributed by atoms with Gasteiger partial charge in [0.2, 0.25) is 5.91 Å². The van der Waals surface area contributed by atoms with E-state index in [-0.39, 0.29) is 12.0 Å². The van der Waals surface area contributed by atoms with E-state index in [9.17, 15) is 4.79 Å². The molecule has 0 bridgehead atoms. The fourth-order valence-corrected chi connectivity index (χ4v) is 3.82. The van der Waals surface area contributed by atoms with Crippen molar-refractivity contribution < 1.29 is 9.53 Å². The summed E-state index contributed by atoms with van der Waals surface area (Å²) in [5, 5.41) is 6.89. The molecule has 6 heteroatoms. The fourth-order valence-electron chi connectivity index (χ4n) is 3.69. The van der Waals surface area contributed by atoms with Gasteiger partial charge in [-0.15, -0.1) is 0 Å². The summed E-state index contributed by atoms with van der Waals surface area (Å²) in [6.45, 7) is 3.34. The molecule has 1 amide bonds. The molecule has 5 nitrogen and oxygen atoms in total. The van der Waals surface area contributed by atoms with Gasteiger partial charge in [-0.2, -0.15) is 0 Å². The van der Waals surface area contributed by atoms with Crippen LogP contribution in [-0.4, -0.2) is 62.3 Å².